The molecule has 0 aliphatic heterocycles. The molecule has 1 amide bonds. The molecule has 18 heavy (non-hydrogen) atoms. The second-order valence-corrected chi connectivity index (χ2v) is 4.36. The van der Waals surface area contributed by atoms with E-state index in [9.17, 15) is 9.18 Å². The monoisotopic (exact) mass is 272 g/mol. The molecule has 1 aliphatic carbocycles. The zero-order valence-corrected chi connectivity index (χ0v) is 11.1. The molecule has 1 unspecified atom stereocenters. The summed E-state index contributed by atoms with van der Waals surface area (Å²) >= 11 is 0. The minimum Gasteiger partial charge on any atom is -0.349 e. The number of halogens is 2. The quantitative estimate of drug-likeness (QED) is 0.880. The third-order valence-corrected chi connectivity index (χ3v) is 3.12. The number of carbonyl (C=O) groups excluding carboxylic acids is 1. The van der Waals surface area contributed by atoms with Crippen molar-refractivity contribution in [2.24, 2.45) is 0 Å². The van der Waals surface area contributed by atoms with Crippen LogP contribution in [0.4, 0.5) is 4.39 Å². The molecule has 0 bridgehead atoms. The molecule has 1 aromatic rings. The van der Waals surface area contributed by atoms with E-state index in [-0.39, 0.29) is 30.2 Å². The van der Waals surface area contributed by atoms with Crippen molar-refractivity contribution in [3.8, 4) is 0 Å². The van der Waals surface area contributed by atoms with Crippen LogP contribution in [0.5, 0.6) is 0 Å². The van der Waals surface area contributed by atoms with Gasteiger partial charge in [-0.05, 0) is 43.1 Å². The SMILES string of the molecule is CNCCC(=O)NC1CCc2cc(F)ccc21.Cl. The zero-order chi connectivity index (χ0) is 12.3. The van der Waals surface area contributed by atoms with E-state index >= 15 is 0 Å². The van der Waals surface area contributed by atoms with Crippen LogP contribution in [0.3, 0.4) is 0 Å². The summed E-state index contributed by atoms with van der Waals surface area (Å²) in [6.45, 7) is 0.675. The first-order valence-electron chi connectivity index (χ1n) is 5.93. The predicted molar refractivity (Wildman–Crippen MR) is 71.4 cm³/mol. The van der Waals surface area contributed by atoms with Crippen molar-refractivity contribution in [3.63, 3.8) is 0 Å². The molecule has 0 aromatic heterocycles. The smallest absolute Gasteiger partial charge is 0.221 e. The average Bonchev–Trinajstić information content (AvgIpc) is 2.69. The molecule has 5 heteroatoms. The van der Waals surface area contributed by atoms with Crippen LogP contribution in [0.15, 0.2) is 18.2 Å². The van der Waals surface area contributed by atoms with Crippen molar-refractivity contribution < 1.29 is 9.18 Å². The maximum Gasteiger partial charge on any atom is 0.221 e. The lowest BCUT2D eigenvalue weighted by molar-refractivity contribution is -0.121. The molecule has 0 fully saturated rings. The van der Waals surface area contributed by atoms with Crippen LogP contribution in [0.2, 0.25) is 0 Å². The first-order valence-corrected chi connectivity index (χ1v) is 5.93. The van der Waals surface area contributed by atoms with Crippen LogP contribution >= 0.6 is 12.4 Å². The van der Waals surface area contributed by atoms with Gasteiger partial charge in [0.25, 0.3) is 0 Å². The van der Waals surface area contributed by atoms with Crippen LogP contribution in [0.1, 0.15) is 30.0 Å². The van der Waals surface area contributed by atoms with Crippen LogP contribution in [-0.4, -0.2) is 19.5 Å². The number of aryl methyl sites for hydroxylation is 1. The predicted octanol–water partition coefficient (Wildman–Crippen LogP) is 1.96. The Bertz CT molecular complexity index is 425. The number of benzene rings is 1. The summed E-state index contributed by atoms with van der Waals surface area (Å²) < 4.78 is 13.0. The fourth-order valence-corrected chi connectivity index (χ4v) is 2.24. The van der Waals surface area contributed by atoms with E-state index in [0.29, 0.717) is 13.0 Å². The topological polar surface area (TPSA) is 41.1 Å². The van der Waals surface area contributed by atoms with E-state index in [0.717, 1.165) is 24.0 Å². The van der Waals surface area contributed by atoms with Gasteiger partial charge >= 0.3 is 0 Å². The lowest BCUT2D eigenvalue weighted by Crippen LogP contribution is -2.29. The van der Waals surface area contributed by atoms with Crippen molar-refractivity contribution in [3.05, 3.63) is 35.1 Å². The molecule has 3 nitrogen and oxygen atoms in total. The van der Waals surface area contributed by atoms with Gasteiger partial charge in [-0.3, -0.25) is 4.79 Å². The van der Waals surface area contributed by atoms with E-state index in [2.05, 4.69) is 10.6 Å². The fraction of sp³-hybridized carbons (Fsp3) is 0.462. The molecular weight excluding hydrogens is 255 g/mol. The average molecular weight is 273 g/mol. The minimum absolute atomic E-state index is 0. The molecule has 1 aromatic carbocycles. The van der Waals surface area contributed by atoms with Gasteiger partial charge in [0.15, 0.2) is 0 Å². The molecule has 0 saturated carbocycles. The second kappa shape index (κ2) is 6.71. The maximum absolute atomic E-state index is 13.0. The lowest BCUT2D eigenvalue weighted by atomic mass is 10.1. The molecule has 0 spiro atoms. The third-order valence-electron chi connectivity index (χ3n) is 3.12. The first-order chi connectivity index (χ1) is 8.20. The normalized spacial score (nSPS) is 16.9. The molecule has 0 radical (unpaired) electrons. The summed E-state index contributed by atoms with van der Waals surface area (Å²) in [6.07, 6.45) is 2.18. The van der Waals surface area contributed by atoms with Crippen LogP contribution in [-0.2, 0) is 11.2 Å². The van der Waals surface area contributed by atoms with Gasteiger partial charge in [0.05, 0.1) is 6.04 Å². The molecule has 0 heterocycles. The molecule has 1 atom stereocenters. The number of rotatable bonds is 4. The number of hydrogen-bond donors (Lipinski definition) is 2. The van der Waals surface area contributed by atoms with Crippen LogP contribution in [0.25, 0.3) is 0 Å². The Morgan fingerprint density at radius 1 is 1.50 bits per heavy atom. The first kappa shape index (κ1) is 14.9. The van der Waals surface area contributed by atoms with Gasteiger partial charge in [0.2, 0.25) is 5.91 Å². The Labute approximate surface area is 113 Å². The van der Waals surface area contributed by atoms with Gasteiger partial charge in [-0.15, -0.1) is 12.4 Å². The van der Waals surface area contributed by atoms with E-state index < -0.39 is 0 Å². The van der Waals surface area contributed by atoms with Gasteiger partial charge < -0.3 is 10.6 Å². The van der Waals surface area contributed by atoms with Crippen LogP contribution in [0, 0.1) is 5.82 Å². The largest absolute Gasteiger partial charge is 0.349 e. The number of carbonyl (C=O) groups is 1. The summed E-state index contributed by atoms with van der Waals surface area (Å²) in [6, 6.07) is 4.85. The molecular formula is C13H18ClFN2O. The Balaban J connectivity index is 0.00000162. The second-order valence-electron chi connectivity index (χ2n) is 4.36. The summed E-state index contributed by atoms with van der Waals surface area (Å²) in [7, 11) is 1.82. The van der Waals surface area contributed by atoms with Gasteiger partial charge in [0, 0.05) is 13.0 Å². The molecule has 0 saturated heterocycles. The van der Waals surface area contributed by atoms with Crippen molar-refractivity contribution in [1.82, 2.24) is 10.6 Å². The number of nitrogens with one attached hydrogen (secondary N) is 2. The highest BCUT2D eigenvalue weighted by Crippen LogP contribution is 2.31. The molecule has 100 valence electrons. The van der Waals surface area contributed by atoms with Crippen molar-refractivity contribution >= 4 is 18.3 Å². The highest BCUT2D eigenvalue weighted by molar-refractivity contribution is 5.85. The van der Waals surface area contributed by atoms with Crippen molar-refractivity contribution in [2.45, 2.75) is 25.3 Å². The van der Waals surface area contributed by atoms with Crippen molar-refractivity contribution in [1.29, 1.82) is 0 Å². The zero-order valence-electron chi connectivity index (χ0n) is 10.3. The minimum atomic E-state index is -0.203. The Morgan fingerprint density at radius 3 is 3.00 bits per heavy atom. The Morgan fingerprint density at radius 2 is 2.28 bits per heavy atom. The summed E-state index contributed by atoms with van der Waals surface area (Å²) in [5.74, 6) is -0.160. The summed E-state index contributed by atoms with van der Waals surface area (Å²) in [5.41, 5.74) is 2.08. The molecule has 1 aliphatic rings. The van der Waals surface area contributed by atoms with Gasteiger partial charge in [-0.25, -0.2) is 4.39 Å². The van der Waals surface area contributed by atoms with Gasteiger partial charge in [0.1, 0.15) is 5.82 Å². The Kier molecular flexibility index (Phi) is 5.56. The highest BCUT2D eigenvalue weighted by atomic mass is 35.5. The van der Waals surface area contributed by atoms with Gasteiger partial charge in [-0.1, -0.05) is 6.07 Å². The molecule has 2 rings (SSSR count). The maximum atomic E-state index is 13.0. The van der Waals surface area contributed by atoms with Crippen molar-refractivity contribution in [2.75, 3.05) is 13.6 Å². The summed E-state index contributed by atoms with van der Waals surface area (Å²) in [4.78, 5) is 11.6. The van der Waals surface area contributed by atoms with Gasteiger partial charge in [-0.2, -0.15) is 0 Å². The number of fused-ring (bicyclic) bond motifs is 1. The van der Waals surface area contributed by atoms with E-state index in [1.807, 2.05) is 7.05 Å². The lowest BCUT2D eigenvalue weighted by Gasteiger charge is -2.14. The molecule has 2 N–H and O–H groups in total. The Hall–Kier alpha value is -1.13. The number of hydrogen-bond acceptors (Lipinski definition) is 2. The summed E-state index contributed by atoms with van der Waals surface area (Å²) in [5, 5.41) is 5.93. The van der Waals surface area contributed by atoms with E-state index in [1.54, 1.807) is 12.1 Å². The van der Waals surface area contributed by atoms with Crippen LogP contribution < -0.4 is 10.6 Å². The highest BCUT2D eigenvalue weighted by Gasteiger charge is 2.23. The third kappa shape index (κ3) is 3.43. The van der Waals surface area contributed by atoms with E-state index in [1.165, 1.54) is 6.07 Å². The van der Waals surface area contributed by atoms with E-state index in [4.69, 9.17) is 0 Å². The number of amides is 1. The standard InChI is InChI=1S/C13H17FN2O.ClH/c1-15-7-6-13(17)16-12-5-2-9-8-10(14)3-4-11(9)12;/h3-4,8,12,15H,2,5-7H2,1H3,(H,16,17);1H. The fourth-order valence-electron chi connectivity index (χ4n) is 2.24.